The molecule has 0 amide bonds. The molecule has 20 heavy (non-hydrogen) atoms. The van der Waals surface area contributed by atoms with E-state index in [9.17, 15) is 4.79 Å². The molecule has 1 fully saturated rings. The van der Waals surface area contributed by atoms with Crippen LogP contribution in [-0.4, -0.2) is 38.5 Å². The van der Waals surface area contributed by atoms with Gasteiger partial charge in [0.15, 0.2) is 0 Å². The van der Waals surface area contributed by atoms with Crippen LogP contribution in [0, 0.1) is 6.92 Å². The molecule has 2 rings (SSSR count). The molecule has 0 saturated carbocycles. The summed E-state index contributed by atoms with van der Waals surface area (Å²) in [7, 11) is 0. The third-order valence-corrected chi connectivity index (χ3v) is 4.18. The SMILES string of the molecule is Cc1nccnc1C(C)N1CCCCC1CCC(=O)O. The molecule has 5 nitrogen and oxygen atoms in total. The zero-order valence-corrected chi connectivity index (χ0v) is 12.2. The number of piperidine rings is 1. The average molecular weight is 277 g/mol. The molecule has 1 aliphatic rings. The Bertz CT molecular complexity index is 464. The maximum absolute atomic E-state index is 10.8. The molecule has 2 unspecified atom stereocenters. The lowest BCUT2D eigenvalue weighted by molar-refractivity contribution is -0.137. The number of aliphatic carboxylic acids is 1. The Labute approximate surface area is 120 Å². The van der Waals surface area contributed by atoms with E-state index >= 15 is 0 Å². The Morgan fingerprint density at radius 1 is 1.45 bits per heavy atom. The monoisotopic (exact) mass is 277 g/mol. The number of hydrogen-bond acceptors (Lipinski definition) is 4. The van der Waals surface area contributed by atoms with Gasteiger partial charge in [-0.2, -0.15) is 0 Å². The van der Waals surface area contributed by atoms with Crippen LogP contribution in [0.2, 0.25) is 0 Å². The second kappa shape index (κ2) is 6.79. The number of hydrogen-bond donors (Lipinski definition) is 1. The van der Waals surface area contributed by atoms with E-state index in [1.807, 2.05) is 6.92 Å². The van der Waals surface area contributed by atoms with Crippen LogP contribution >= 0.6 is 0 Å². The van der Waals surface area contributed by atoms with Gasteiger partial charge in [0.05, 0.1) is 17.4 Å². The van der Waals surface area contributed by atoms with Crippen LogP contribution in [-0.2, 0) is 4.79 Å². The fraction of sp³-hybridized carbons (Fsp3) is 0.667. The number of aryl methyl sites for hydroxylation is 1. The van der Waals surface area contributed by atoms with Gasteiger partial charge >= 0.3 is 5.97 Å². The van der Waals surface area contributed by atoms with Crippen molar-refractivity contribution in [3.63, 3.8) is 0 Å². The van der Waals surface area contributed by atoms with Gasteiger partial charge in [-0.3, -0.25) is 19.7 Å². The summed E-state index contributed by atoms with van der Waals surface area (Å²) < 4.78 is 0. The highest BCUT2D eigenvalue weighted by Crippen LogP contribution is 2.30. The molecule has 2 heterocycles. The standard InChI is InChI=1S/C15H23N3O2/c1-11-15(17-9-8-16-11)12(2)18-10-4-3-5-13(18)6-7-14(19)20/h8-9,12-13H,3-7,10H2,1-2H3,(H,19,20). The molecular formula is C15H23N3O2. The molecule has 1 aromatic rings. The quantitative estimate of drug-likeness (QED) is 0.896. The van der Waals surface area contributed by atoms with Crippen LogP contribution < -0.4 is 0 Å². The van der Waals surface area contributed by atoms with Gasteiger partial charge in [0.1, 0.15) is 0 Å². The summed E-state index contributed by atoms with van der Waals surface area (Å²) in [6, 6.07) is 0.541. The fourth-order valence-corrected chi connectivity index (χ4v) is 3.12. The number of aromatic nitrogens is 2. The van der Waals surface area contributed by atoms with E-state index in [0.29, 0.717) is 6.04 Å². The van der Waals surface area contributed by atoms with Gasteiger partial charge in [0.25, 0.3) is 0 Å². The number of rotatable bonds is 5. The van der Waals surface area contributed by atoms with E-state index in [-0.39, 0.29) is 12.5 Å². The predicted molar refractivity (Wildman–Crippen MR) is 76.4 cm³/mol. The maximum Gasteiger partial charge on any atom is 0.303 e. The van der Waals surface area contributed by atoms with E-state index in [4.69, 9.17) is 5.11 Å². The van der Waals surface area contributed by atoms with Gasteiger partial charge < -0.3 is 5.11 Å². The molecule has 5 heteroatoms. The summed E-state index contributed by atoms with van der Waals surface area (Å²) in [4.78, 5) is 22.0. The van der Waals surface area contributed by atoms with Crippen LogP contribution in [0.25, 0.3) is 0 Å². The van der Waals surface area contributed by atoms with Crippen LogP contribution in [0.3, 0.4) is 0 Å². The minimum absolute atomic E-state index is 0.197. The molecule has 0 bridgehead atoms. The first kappa shape index (κ1) is 14.9. The van der Waals surface area contributed by atoms with E-state index in [1.54, 1.807) is 12.4 Å². The van der Waals surface area contributed by atoms with Crippen molar-refractivity contribution in [1.29, 1.82) is 0 Å². The molecular weight excluding hydrogens is 254 g/mol. The minimum Gasteiger partial charge on any atom is -0.481 e. The summed E-state index contributed by atoms with van der Waals surface area (Å²) in [6.45, 7) is 5.15. The second-order valence-corrected chi connectivity index (χ2v) is 5.52. The molecule has 0 aliphatic carbocycles. The van der Waals surface area contributed by atoms with Crippen LogP contribution in [0.4, 0.5) is 0 Å². The van der Waals surface area contributed by atoms with Crippen LogP contribution in [0.15, 0.2) is 12.4 Å². The summed E-state index contributed by atoms with van der Waals surface area (Å²) in [5, 5.41) is 8.89. The molecule has 0 radical (unpaired) electrons. The number of carboxylic acid groups (broad SMARTS) is 1. The third-order valence-electron chi connectivity index (χ3n) is 4.18. The Morgan fingerprint density at radius 2 is 2.20 bits per heavy atom. The first-order valence-electron chi connectivity index (χ1n) is 7.34. The molecule has 1 aromatic heterocycles. The van der Waals surface area contributed by atoms with Gasteiger partial charge in [-0.25, -0.2) is 0 Å². The van der Waals surface area contributed by atoms with Crippen molar-refractivity contribution in [2.75, 3.05) is 6.54 Å². The summed E-state index contributed by atoms with van der Waals surface area (Å²) in [6.07, 6.45) is 7.85. The summed E-state index contributed by atoms with van der Waals surface area (Å²) in [5.41, 5.74) is 1.97. The highest BCUT2D eigenvalue weighted by molar-refractivity contribution is 5.66. The molecule has 2 atom stereocenters. The van der Waals surface area contributed by atoms with Crippen molar-refractivity contribution >= 4 is 5.97 Å². The first-order valence-corrected chi connectivity index (χ1v) is 7.34. The number of nitrogens with zero attached hydrogens (tertiary/aromatic N) is 3. The molecule has 1 N–H and O–H groups in total. The second-order valence-electron chi connectivity index (χ2n) is 5.52. The molecule has 1 aliphatic heterocycles. The van der Waals surface area contributed by atoms with Crippen molar-refractivity contribution < 1.29 is 9.90 Å². The topological polar surface area (TPSA) is 66.3 Å². The lowest BCUT2D eigenvalue weighted by Crippen LogP contribution is -2.41. The number of carbonyl (C=O) groups is 1. The lowest BCUT2D eigenvalue weighted by atomic mass is 9.95. The highest BCUT2D eigenvalue weighted by atomic mass is 16.4. The van der Waals surface area contributed by atoms with Crippen molar-refractivity contribution in [2.24, 2.45) is 0 Å². The lowest BCUT2D eigenvalue weighted by Gasteiger charge is -2.39. The van der Waals surface area contributed by atoms with Crippen LogP contribution in [0.5, 0.6) is 0 Å². The van der Waals surface area contributed by atoms with E-state index in [0.717, 1.165) is 30.8 Å². The Balaban J connectivity index is 2.10. The third kappa shape index (κ3) is 3.54. The molecule has 110 valence electrons. The minimum atomic E-state index is -0.709. The van der Waals surface area contributed by atoms with E-state index in [2.05, 4.69) is 21.8 Å². The van der Waals surface area contributed by atoms with Gasteiger partial charge in [-0.15, -0.1) is 0 Å². The van der Waals surface area contributed by atoms with Gasteiger partial charge in [-0.05, 0) is 39.7 Å². The summed E-state index contributed by atoms with van der Waals surface area (Å²) in [5.74, 6) is -0.709. The average Bonchev–Trinajstić information content (AvgIpc) is 2.45. The summed E-state index contributed by atoms with van der Waals surface area (Å²) >= 11 is 0. The van der Waals surface area contributed by atoms with E-state index in [1.165, 1.54) is 12.8 Å². The Kier molecular flexibility index (Phi) is 5.06. The maximum atomic E-state index is 10.8. The predicted octanol–water partition coefficient (Wildman–Crippen LogP) is 2.57. The van der Waals surface area contributed by atoms with Crippen molar-refractivity contribution in [3.8, 4) is 0 Å². The Hall–Kier alpha value is -1.49. The Morgan fingerprint density at radius 3 is 2.90 bits per heavy atom. The number of likely N-dealkylation sites (tertiary alicyclic amines) is 1. The first-order chi connectivity index (χ1) is 9.59. The molecule has 1 saturated heterocycles. The largest absolute Gasteiger partial charge is 0.481 e. The fourth-order valence-electron chi connectivity index (χ4n) is 3.12. The normalized spacial score (nSPS) is 21.6. The van der Waals surface area contributed by atoms with Crippen LogP contribution in [0.1, 0.15) is 56.5 Å². The van der Waals surface area contributed by atoms with E-state index < -0.39 is 5.97 Å². The van der Waals surface area contributed by atoms with Crippen molar-refractivity contribution in [1.82, 2.24) is 14.9 Å². The van der Waals surface area contributed by atoms with Crippen molar-refractivity contribution in [2.45, 2.75) is 58.0 Å². The smallest absolute Gasteiger partial charge is 0.303 e. The number of carboxylic acids is 1. The zero-order valence-electron chi connectivity index (χ0n) is 12.2. The van der Waals surface area contributed by atoms with Gasteiger partial charge in [0.2, 0.25) is 0 Å². The van der Waals surface area contributed by atoms with Gasteiger partial charge in [0, 0.05) is 24.9 Å². The highest BCUT2D eigenvalue weighted by Gasteiger charge is 2.29. The molecule has 0 aromatic carbocycles. The zero-order chi connectivity index (χ0) is 14.5. The van der Waals surface area contributed by atoms with Gasteiger partial charge in [-0.1, -0.05) is 6.42 Å². The molecule has 0 spiro atoms. The van der Waals surface area contributed by atoms with Crippen molar-refractivity contribution in [3.05, 3.63) is 23.8 Å².